The quantitative estimate of drug-likeness (QED) is 0.820. The van der Waals surface area contributed by atoms with E-state index in [1.807, 2.05) is 0 Å². The van der Waals surface area contributed by atoms with Gasteiger partial charge in [-0.05, 0) is 18.6 Å². The van der Waals surface area contributed by atoms with E-state index in [1.54, 1.807) is 13.0 Å². The molecule has 0 saturated heterocycles. The number of methoxy groups -OCH3 is 2. The maximum absolute atomic E-state index is 11.6. The van der Waals surface area contributed by atoms with E-state index in [9.17, 15) is 4.79 Å². The maximum atomic E-state index is 11.6. The van der Waals surface area contributed by atoms with Crippen molar-refractivity contribution in [3.63, 3.8) is 0 Å². The van der Waals surface area contributed by atoms with E-state index in [2.05, 4.69) is 0 Å². The molecule has 0 radical (unpaired) electrons. The normalized spacial score (nSPS) is 10.1. The summed E-state index contributed by atoms with van der Waals surface area (Å²) in [6.07, 6.45) is 0. The number of Topliss-reactive ketones (excluding diaryl/α,β-unsaturated/α-hetero) is 1. The first kappa shape index (κ1) is 12.8. The van der Waals surface area contributed by atoms with E-state index in [1.165, 1.54) is 14.2 Å². The number of rotatable bonds is 4. The number of carbonyl (C=O) groups excluding carboxylic acids is 1. The first-order valence-electron chi connectivity index (χ1n) is 4.71. The van der Waals surface area contributed by atoms with E-state index >= 15 is 0 Å². The summed E-state index contributed by atoms with van der Waals surface area (Å²) in [6.45, 7) is 1.68. The lowest BCUT2D eigenvalue weighted by molar-refractivity contribution is 0.100. The number of hydrogen-bond acceptors (Lipinski definition) is 4. The molecule has 1 rings (SSSR count). The molecule has 0 aliphatic heterocycles. The lowest BCUT2D eigenvalue weighted by Gasteiger charge is -2.14. The summed E-state index contributed by atoms with van der Waals surface area (Å²) in [5.74, 6) is 0.672. The summed E-state index contributed by atoms with van der Waals surface area (Å²) in [6, 6.07) is 1.59. The minimum Gasteiger partial charge on any atom is -0.493 e. The molecule has 0 amide bonds. The molecule has 1 aromatic carbocycles. The van der Waals surface area contributed by atoms with Crippen molar-refractivity contribution in [1.82, 2.24) is 0 Å². The van der Waals surface area contributed by atoms with Crippen LogP contribution in [0.5, 0.6) is 11.5 Å². The first-order valence-corrected chi connectivity index (χ1v) is 5.08. The van der Waals surface area contributed by atoms with E-state index in [-0.39, 0.29) is 12.3 Å². The van der Waals surface area contributed by atoms with Crippen molar-refractivity contribution in [2.24, 2.45) is 5.73 Å². The Balaban J connectivity index is 3.44. The van der Waals surface area contributed by atoms with Gasteiger partial charge in [-0.2, -0.15) is 0 Å². The monoisotopic (exact) mass is 243 g/mol. The summed E-state index contributed by atoms with van der Waals surface area (Å²) in [7, 11) is 2.98. The Bertz CT molecular complexity index is 418. The summed E-state index contributed by atoms with van der Waals surface area (Å²) < 4.78 is 10.2. The highest BCUT2D eigenvalue weighted by Crippen LogP contribution is 2.39. The van der Waals surface area contributed by atoms with Crippen LogP contribution in [0.2, 0.25) is 5.02 Å². The van der Waals surface area contributed by atoms with Crippen molar-refractivity contribution in [3.05, 3.63) is 22.2 Å². The van der Waals surface area contributed by atoms with Gasteiger partial charge in [-0.3, -0.25) is 4.79 Å². The Hall–Kier alpha value is -1.26. The molecule has 0 aliphatic carbocycles. The molecule has 0 unspecified atom stereocenters. The highest BCUT2D eigenvalue weighted by Gasteiger charge is 2.18. The second-order valence-electron chi connectivity index (χ2n) is 3.23. The number of benzene rings is 1. The van der Waals surface area contributed by atoms with Crippen molar-refractivity contribution in [2.45, 2.75) is 6.92 Å². The predicted octanol–water partition coefficient (Wildman–Crippen LogP) is 1.81. The topological polar surface area (TPSA) is 61.5 Å². The van der Waals surface area contributed by atoms with Gasteiger partial charge in [0.2, 0.25) is 0 Å². The zero-order valence-corrected chi connectivity index (χ0v) is 10.2. The number of nitrogens with two attached hydrogens (primary N) is 1. The molecule has 5 heteroatoms. The smallest absolute Gasteiger partial charge is 0.179 e. The Kier molecular flexibility index (Phi) is 4.15. The molecular weight excluding hydrogens is 230 g/mol. The Morgan fingerprint density at radius 3 is 2.50 bits per heavy atom. The van der Waals surface area contributed by atoms with E-state index in [4.69, 9.17) is 26.8 Å². The Labute approximate surface area is 99.3 Å². The largest absolute Gasteiger partial charge is 0.493 e. The molecule has 0 bridgehead atoms. The molecule has 0 spiro atoms. The SMILES string of the molecule is COc1cc(C(=O)CN)c(C)c(Cl)c1OC. The van der Waals surface area contributed by atoms with Gasteiger partial charge in [0.1, 0.15) is 0 Å². The van der Waals surface area contributed by atoms with Crippen LogP contribution in [0.3, 0.4) is 0 Å². The van der Waals surface area contributed by atoms with Crippen LogP contribution in [0.15, 0.2) is 6.07 Å². The fourth-order valence-corrected chi connectivity index (χ4v) is 1.72. The molecule has 0 heterocycles. The van der Waals surface area contributed by atoms with Crippen molar-refractivity contribution in [3.8, 4) is 11.5 Å². The number of halogens is 1. The average molecular weight is 244 g/mol. The van der Waals surface area contributed by atoms with Crippen LogP contribution in [-0.4, -0.2) is 26.5 Å². The molecule has 0 atom stereocenters. The van der Waals surface area contributed by atoms with Crippen LogP contribution >= 0.6 is 11.6 Å². The van der Waals surface area contributed by atoms with Gasteiger partial charge < -0.3 is 15.2 Å². The van der Waals surface area contributed by atoms with Gasteiger partial charge in [0.05, 0.1) is 25.8 Å². The maximum Gasteiger partial charge on any atom is 0.179 e. The lowest BCUT2D eigenvalue weighted by atomic mass is 10.0. The highest BCUT2D eigenvalue weighted by atomic mass is 35.5. The lowest BCUT2D eigenvalue weighted by Crippen LogP contribution is -2.15. The van der Waals surface area contributed by atoms with Gasteiger partial charge in [-0.1, -0.05) is 11.6 Å². The fraction of sp³-hybridized carbons (Fsp3) is 0.364. The zero-order valence-electron chi connectivity index (χ0n) is 9.46. The molecule has 2 N–H and O–H groups in total. The summed E-state index contributed by atoms with van der Waals surface area (Å²) >= 11 is 6.09. The van der Waals surface area contributed by atoms with Crippen molar-refractivity contribution < 1.29 is 14.3 Å². The summed E-state index contributed by atoms with van der Waals surface area (Å²) in [5.41, 5.74) is 6.43. The molecule has 0 aliphatic rings. The van der Waals surface area contributed by atoms with E-state index in [0.29, 0.717) is 27.6 Å². The van der Waals surface area contributed by atoms with Crippen LogP contribution in [0, 0.1) is 6.92 Å². The molecule has 0 fully saturated rings. The predicted molar refractivity (Wildman–Crippen MR) is 62.7 cm³/mol. The summed E-state index contributed by atoms with van der Waals surface area (Å²) in [4.78, 5) is 11.6. The van der Waals surface area contributed by atoms with Crippen LogP contribution in [0.25, 0.3) is 0 Å². The Morgan fingerprint density at radius 1 is 1.44 bits per heavy atom. The number of carbonyl (C=O) groups is 1. The van der Waals surface area contributed by atoms with Crippen LogP contribution in [0.4, 0.5) is 0 Å². The van der Waals surface area contributed by atoms with Crippen molar-refractivity contribution >= 4 is 17.4 Å². The third kappa shape index (κ3) is 2.13. The number of ketones is 1. The molecule has 16 heavy (non-hydrogen) atoms. The molecule has 0 saturated carbocycles. The van der Waals surface area contributed by atoms with Gasteiger partial charge in [0, 0.05) is 5.56 Å². The van der Waals surface area contributed by atoms with Gasteiger partial charge in [-0.25, -0.2) is 0 Å². The van der Waals surface area contributed by atoms with Crippen molar-refractivity contribution in [2.75, 3.05) is 20.8 Å². The third-order valence-corrected chi connectivity index (χ3v) is 2.80. The second-order valence-corrected chi connectivity index (χ2v) is 3.60. The van der Waals surface area contributed by atoms with Gasteiger partial charge >= 0.3 is 0 Å². The fourth-order valence-electron chi connectivity index (χ4n) is 1.44. The number of ether oxygens (including phenoxy) is 2. The Morgan fingerprint density at radius 2 is 2.06 bits per heavy atom. The van der Waals surface area contributed by atoms with Crippen LogP contribution in [0.1, 0.15) is 15.9 Å². The van der Waals surface area contributed by atoms with Gasteiger partial charge in [-0.15, -0.1) is 0 Å². The number of hydrogen-bond donors (Lipinski definition) is 1. The third-order valence-electron chi connectivity index (χ3n) is 2.34. The highest BCUT2D eigenvalue weighted by molar-refractivity contribution is 6.33. The molecule has 1 aromatic rings. The minimum absolute atomic E-state index is 0.0628. The van der Waals surface area contributed by atoms with E-state index < -0.39 is 0 Å². The average Bonchev–Trinajstić information content (AvgIpc) is 2.31. The minimum atomic E-state index is -0.180. The van der Waals surface area contributed by atoms with Gasteiger partial charge in [0.25, 0.3) is 0 Å². The van der Waals surface area contributed by atoms with Crippen molar-refractivity contribution in [1.29, 1.82) is 0 Å². The van der Waals surface area contributed by atoms with Crippen LogP contribution < -0.4 is 15.2 Å². The molecule has 4 nitrogen and oxygen atoms in total. The summed E-state index contributed by atoms with van der Waals surface area (Å²) in [5, 5.41) is 0.374. The van der Waals surface area contributed by atoms with Crippen LogP contribution in [-0.2, 0) is 0 Å². The zero-order chi connectivity index (χ0) is 12.3. The second kappa shape index (κ2) is 5.18. The molecule has 0 aromatic heterocycles. The van der Waals surface area contributed by atoms with E-state index in [0.717, 1.165) is 0 Å². The molecule has 88 valence electrons. The van der Waals surface area contributed by atoms with Gasteiger partial charge in [0.15, 0.2) is 17.3 Å². The standard InChI is InChI=1S/C11H14ClNO3/c1-6-7(8(14)5-13)4-9(15-2)11(16-3)10(6)12/h4H,5,13H2,1-3H3. The molecular formula is C11H14ClNO3. The first-order chi connectivity index (χ1) is 7.56.